The van der Waals surface area contributed by atoms with Crippen molar-refractivity contribution < 1.29 is 14.7 Å². The highest BCUT2D eigenvalue weighted by Crippen LogP contribution is 2.68. The highest BCUT2D eigenvalue weighted by atomic mass is 16.3. The van der Waals surface area contributed by atoms with E-state index in [1.165, 1.54) is 11.1 Å². The summed E-state index contributed by atoms with van der Waals surface area (Å²) in [5.41, 5.74) is 2.19. The second-order valence-corrected chi connectivity index (χ2v) is 10.9. The molecule has 0 radical (unpaired) electrons. The van der Waals surface area contributed by atoms with Crippen LogP contribution in [0.2, 0.25) is 0 Å². The van der Waals surface area contributed by atoms with Crippen molar-refractivity contribution in [2.75, 3.05) is 0 Å². The number of rotatable bonds is 2. The normalized spacial score (nSPS) is 40.3. The minimum atomic E-state index is -0.937. The fourth-order valence-electron chi connectivity index (χ4n) is 8.03. The molecular formula is C29H34O3. The van der Waals surface area contributed by atoms with Crippen molar-refractivity contribution in [2.24, 2.45) is 29.1 Å². The first-order chi connectivity index (χ1) is 15.3. The minimum Gasteiger partial charge on any atom is -0.377 e. The molecule has 0 bridgehead atoms. The Bertz CT molecular complexity index is 1040. The highest BCUT2D eigenvalue weighted by molar-refractivity contribution is 5.94. The number of hydrogen-bond donors (Lipinski definition) is 1. The van der Waals surface area contributed by atoms with Gasteiger partial charge >= 0.3 is 0 Å². The fourth-order valence-corrected chi connectivity index (χ4v) is 8.03. The quantitative estimate of drug-likeness (QED) is 0.499. The van der Waals surface area contributed by atoms with Crippen LogP contribution in [0, 0.1) is 40.9 Å². The largest absolute Gasteiger partial charge is 0.377 e. The standard InChI is InChI=1S/C29H34O3/c1-4-14-29(32)15-13-26-24-11-9-21-16-22(31)10-12-23(21)27(24)25(17-28(26,29)3)20-7-5-19(6-8-20)18(2)30/h5-8,16,23-27,32H,9-13,15,17H2,1-3H3/t23-,24-,25+,26-,27+,28-,29-/m0/s1. The summed E-state index contributed by atoms with van der Waals surface area (Å²) in [4.78, 5) is 24.0. The zero-order valence-corrected chi connectivity index (χ0v) is 19.5. The van der Waals surface area contributed by atoms with Crippen LogP contribution in [0.3, 0.4) is 0 Å². The molecule has 1 aromatic carbocycles. The molecule has 3 fully saturated rings. The number of benzene rings is 1. The molecule has 32 heavy (non-hydrogen) atoms. The van der Waals surface area contributed by atoms with Gasteiger partial charge < -0.3 is 5.11 Å². The molecule has 4 aliphatic carbocycles. The zero-order valence-electron chi connectivity index (χ0n) is 19.5. The maximum atomic E-state index is 12.2. The molecule has 3 heteroatoms. The number of carbonyl (C=O) groups is 2. The van der Waals surface area contributed by atoms with Crippen molar-refractivity contribution in [1.82, 2.24) is 0 Å². The Labute approximate surface area is 191 Å². The third-order valence-electron chi connectivity index (χ3n) is 9.53. The lowest BCUT2D eigenvalue weighted by atomic mass is 9.46. The van der Waals surface area contributed by atoms with Crippen molar-refractivity contribution in [1.29, 1.82) is 0 Å². The topological polar surface area (TPSA) is 54.4 Å². The Morgan fingerprint density at radius 3 is 2.53 bits per heavy atom. The number of fused-ring (bicyclic) bond motifs is 5. The van der Waals surface area contributed by atoms with E-state index in [-0.39, 0.29) is 17.0 Å². The van der Waals surface area contributed by atoms with E-state index in [0.29, 0.717) is 36.0 Å². The van der Waals surface area contributed by atoms with Gasteiger partial charge in [0.15, 0.2) is 11.6 Å². The molecule has 0 unspecified atom stereocenters. The first kappa shape index (κ1) is 21.7. The summed E-state index contributed by atoms with van der Waals surface area (Å²) in [6.45, 7) is 5.71. The summed E-state index contributed by atoms with van der Waals surface area (Å²) in [5.74, 6) is 8.85. The number of Topliss-reactive ketones (excluding diaryl/α,β-unsaturated/α-hetero) is 1. The van der Waals surface area contributed by atoms with Crippen LogP contribution < -0.4 is 0 Å². The zero-order chi connectivity index (χ0) is 22.7. The van der Waals surface area contributed by atoms with Gasteiger partial charge in [-0.15, -0.1) is 5.92 Å². The summed E-state index contributed by atoms with van der Waals surface area (Å²) >= 11 is 0. The van der Waals surface area contributed by atoms with Gasteiger partial charge in [0.2, 0.25) is 0 Å². The Morgan fingerprint density at radius 2 is 1.84 bits per heavy atom. The molecule has 0 amide bonds. The molecule has 4 aliphatic rings. The maximum Gasteiger partial charge on any atom is 0.159 e. The van der Waals surface area contributed by atoms with Gasteiger partial charge in [-0.3, -0.25) is 9.59 Å². The van der Waals surface area contributed by atoms with E-state index in [1.54, 1.807) is 6.92 Å². The lowest BCUT2D eigenvalue weighted by Crippen LogP contribution is -2.54. The molecule has 0 spiro atoms. The smallest absolute Gasteiger partial charge is 0.159 e. The fraction of sp³-hybridized carbons (Fsp3) is 0.586. The van der Waals surface area contributed by atoms with Crippen LogP contribution in [-0.2, 0) is 4.79 Å². The van der Waals surface area contributed by atoms with E-state index in [1.807, 2.05) is 25.1 Å². The first-order valence-corrected chi connectivity index (χ1v) is 12.3. The molecule has 168 valence electrons. The minimum absolute atomic E-state index is 0.0853. The molecule has 0 aromatic heterocycles. The lowest BCUT2D eigenvalue weighted by Gasteiger charge is -2.58. The SMILES string of the molecule is CC#C[C@]1(O)CC[C@H]2[C@@H]3CCC4=CC(=O)CC[C@@H]4[C@H]3[C@@H](c3ccc(C(C)=O)cc3)C[C@@]21C. The van der Waals surface area contributed by atoms with Crippen molar-refractivity contribution in [2.45, 2.75) is 77.2 Å². The molecule has 0 heterocycles. The second-order valence-electron chi connectivity index (χ2n) is 10.9. The first-order valence-electron chi connectivity index (χ1n) is 12.3. The number of ketones is 2. The monoisotopic (exact) mass is 430 g/mol. The van der Waals surface area contributed by atoms with Gasteiger partial charge in [0.25, 0.3) is 0 Å². The summed E-state index contributed by atoms with van der Waals surface area (Å²) < 4.78 is 0. The van der Waals surface area contributed by atoms with E-state index in [0.717, 1.165) is 44.1 Å². The van der Waals surface area contributed by atoms with E-state index in [2.05, 4.69) is 30.9 Å². The van der Waals surface area contributed by atoms with Crippen LogP contribution in [0.1, 0.15) is 87.6 Å². The van der Waals surface area contributed by atoms with E-state index >= 15 is 0 Å². The van der Waals surface area contributed by atoms with E-state index in [9.17, 15) is 14.7 Å². The third kappa shape index (κ3) is 3.14. The highest BCUT2D eigenvalue weighted by Gasteiger charge is 2.64. The third-order valence-corrected chi connectivity index (χ3v) is 9.53. The van der Waals surface area contributed by atoms with Gasteiger partial charge in [0.05, 0.1) is 0 Å². The average molecular weight is 431 g/mol. The Hall–Kier alpha value is -2.18. The Balaban J connectivity index is 1.61. The van der Waals surface area contributed by atoms with Gasteiger partial charge in [0.1, 0.15) is 5.60 Å². The molecule has 0 aliphatic heterocycles. The summed E-state index contributed by atoms with van der Waals surface area (Å²) in [5, 5.41) is 11.7. The average Bonchev–Trinajstić information content (AvgIpc) is 3.03. The summed E-state index contributed by atoms with van der Waals surface area (Å²) in [7, 11) is 0. The van der Waals surface area contributed by atoms with Crippen LogP contribution in [0.15, 0.2) is 35.9 Å². The van der Waals surface area contributed by atoms with Crippen LogP contribution in [0.4, 0.5) is 0 Å². The van der Waals surface area contributed by atoms with Crippen molar-refractivity contribution in [3.05, 3.63) is 47.0 Å². The molecule has 0 saturated heterocycles. The molecular weight excluding hydrogens is 396 g/mol. The molecule has 1 N–H and O–H groups in total. The predicted molar refractivity (Wildman–Crippen MR) is 125 cm³/mol. The van der Waals surface area contributed by atoms with Crippen LogP contribution in [0.5, 0.6) is 0 Å². The van der Waals surface area contributed by atoms with Gasteiger partial charge in [-0.2, -0.15) is 0 Å². The Morgan fingerprint density at radius 1 is 1.09 bits per heavy atom. The van der Waals surface area contributed by atoms with Crippen LogP contribution in [-0.4, -0.2) is 22.3 Å². The Kier molecular flexibility index (Phi) is 5.21. The lowest BCUT2D eigenvalue weighted by molar-refractivity contribution is -0.117. The molecule has 3 saturated carbocycles. The van der Waals surface area contributed by atoms with E-state index < -0.39 is 5.60 Å². The van der Waals surface area contributed by atoms with E-state index in [4.69, 9.17) is 0 Å². The van der Waals surface area contributed by atoms with Gasteiger partial charge in [-0.05, 0) is 93.6 Å². The number of hydrogen-bond acceptors (Lipinski definition) is 3. The van der Waals surface area contributed by atoms with Gasteiger partial charge in [-0.25, -0.2) is 0 Å². The van der Waals surface area contributed by atoms with Crippen molar-refractivity contribution >= 4 is 11.6 Å². The molecule has 5 rings (SSSR count). The second kappa shape index (κ2) is 7.70. The summed E-state index contributed by atoms with van der Waals surface area (Å²) in [6, 6.07) is 8.18. The van der Waals surface area contributed by atoms with Crippen molar-refractivity contribution in [3.8, 4) is 11.8 Å². The molecule has 1 aromatic rings. The number of allylic oxidation sites excluding steroid dienone is 1. The summed E-state index contributed by atoms with van der Waals surface area (Å²) in [6.07, 6.45) is 8.35. The van der Waals surface area contributed by atoms with Crippen LogP contribution >= 0.6 is 0 Å². The number of aliphatic hydroxyl groups is 1. The van der Waals surface area contributed by atoms with Crippen LogP contribution in [0.25, 0.3) is 0 Å². The molecule has 7 atom stereocenters. The predicted octanol–water partition coefficient (Wildman–Crippen LogP) is 5.48. The molecule has 3 nitrogen and oxygen atoms in total. The van der Waals surface area contributed by atoms with Gasteiger partial charge in [0, 0.05) is 17.4 Å². The van der Waals surface area contributed by atoms with Gasteiger partial charge in [-0.1, -0.05) is 42.7 Å². The maximum absolute atomic E-state index is 12.2. The van der Waals surface area contributed by atoms with Crippen molar-refractivity contribution in [3.63, 3.8) is 0 Å². The number of carbonyl (C=O) groups excluding carboxylic acids is 2.